The predicted molar refractivity (Wildman–Crippen MR) is 135 cm³/mol. The van der Waals surface area contributed by atoms with Crippen molar-refractivity contribution in [1.82, 2.24) is 5.43 Å². The Balaban J connectivity index is 1.35. The number of amides is 3. The van der Waals surface area contributed by atoms with Gasteiger partial charge < -0.3 is 9.80 Å². The second-order valence-corrected chi connectivity index (χ2v) is 8.77. The Morgan fingerprint density at radius 3 is 2.51 bits per heavy atom. The normalized spacial score (nSPS) is 17.5. The molecule has 3 aromatic carbocycles. The SMILES string of the molecule is Cc1ccccc1/C(=N\NC=O)c1ccc(N2CCC(C(=O)N3CCc4ccccc43)C2=O)cc1. The highest BCUT2D eigenvalue weighted by Crippen LogP contribution is 2.33. The summed E-state index contributed by atoms with van der Waals surface area (Å²) in [7, 11) is 0. The summed E-state index contributed by atoms with van der Waals surface area (Å²) in [6.45, 7) is 3.10. The van der Waals surface area contributed by atoms with Crippen LogP contribution in [0, 0.1) is 12.8 Å². The first-order chi connectivity index (χ1) is 17.1. The zero-order valence-corrected chi connectivity index (χ0v) is 19.5. The van der Waals surface area contributed by atoms with Crippen LogP contribution >= 0.6 is 0 Å². The van der Waals surface area contributed by atoms with Gasteiger partial charge in [-0.1, -0.05) is 54.6 Å². The minimum absolute atomic E-state index is 0.118. The fraction of sp³-hybridized carbons (Fsp3) is 0.214. The number of aryl methyl sites for hydroxylation is 1. The summed E-state index contributed by atoms with van der Waals surface area (Å²) in [5.41, 5.74) is 8.59. The molecule has 35 heavy (non-hydrogen) atoms. The maximum Gasteiger partial charge on any atom is 0.239 e. The third-order valence-corrected chi connectivity index (χ3v) is 6.74. The van der Waals surface area contributed by atoms with Gasteiger partial charge in [0.2, 0.25) is 18.2 Å². The number of benzene rings is 3. The van der Waals surface area contributed by atoms with Gasteiger partial charge in [-0.25, -0.2) is 5.43 Å². The van der Waals surface area contributed by atoms with Crippen molar-refractivity contribution < 1.29 is 14.4 Å². The first kappa shape index (κ1) is 22.5. The average Bonchev–Trinajstić information content (AvgIpc) is 3.49. The molecule has 1 atom stereocenters. The van der Waals surface area contributed by atoms with Crippen molar-refractivity contribution in [1.29, 1.82) is 0 Å². The van der Waals surface area contributed by atoms with Crippen LogP contribution in [0.2, 0.25) is 0 Å². The van der Waals surface area contributed by atoms with Crippen molar-refractivity contribution in [3.8, 4) is 0 Å². The Morgan fingerprint density at radius 1 is 1.00 bits per heavy atom. The van der Waals surface area contributed by atoms with Gasteiger partial charge in [-0.2, -0.15) is 5.10 Å². The number of hydrogen-bond acceptors (Lipinski definition) is 4. The molecule has 1 unspecified atom stereocenters. The average molecular weight is 467 g/mol. The van der Waals surface area contributed by atoms with Gasteiger partial charge in [0.1, 0.15) is 5.92 Å². The Kier molecular flexibility index (Phi) is 6.14. The lowest BCUT2D eigenvalue weighted by Crippen LogP contribution is -2.39. The molecule has 1 N–H and O–H groups in total. The molecule has 0 aliphatic carbocycles. The first-order valence-corrected chi connectivity index (χ1v) is 11.7. The van der Waals surface area contributed by atoms with Crippen LogP contribution in [0.25, 0.3) is 0 Å². The lowest BCUT2D eigenvalue weighted by Gasteiger charge is -2.21. The number of carbonyl (C=O) groups is 3. The van der Waals surface area contributed by atoms with Crippen molar-refractivity contribution in [2.75, 3.05) is 22.9 Å². The van der Waals surface area contributed by atoms with E-state index in [0.29, 0.717) is 31.6 Å². The first-order valence-electron chi connectivity index (χ1n) is 11.7. The van der Waals surface area contributed by atoms with E-state index in [9.17, 15) is 14.4 Å². The molecule has 2 aliphatic heterocycles. The lowest BCUT2D eigenvalue weighted by molar-refractivity contribution is -0.130. The quantitative estimate of drug-likeness (QED) is 0.262. The predicted octanol–water partition coefficient (Wildman–Crippen LogP) is 3.44. The third kappa shape index (κ3) is 4.21. The lowest BCUT2D eigenvalue weighted by atomic mass is 9.98. The molecule has 2 aliphatic rings. The van der Waals surface area contributed by atoms with Crippen molar-refractivity contribution in [2.24, 2.45) is 11.0 Å². The number of fused-ring (bicyclic) bond motifs is 1. The largest absolute Gasteiger partial charge is 0.312 e. The second kappa shape index (κ2) is 9.54. The molecular formula is C28H26N4O3. The van der Waals surface area contributed by atoms with Crippen LogP contribution < -0.4 is 15.2 Å². The summed E-state index contributed by atoms with van der Waals surface area (Å²) in [5.74, 6) is -0.947. The van der Waals surface area contributed by atoms with E-state index in [1.807, 2.05) is 79.7 Å². The number of nitrogens with zero attached hydrogens (tertiary/aromatic N) is 3. The summed E-state index contributed by atoms with van der Waals surface area (Å²) >= 11 is 0. The summed E-state index contributed by atoms with van der Waals surface area (Å²) in [6.07, 6.45) is 1.85. The number of anilines is 2. The van der Waals surface area contributed by atoms with Crippen LogP contribution in [0.5, 0.6) is 0 Å². The fourth-order valence-electron chi connectivity index (χ4n) is 4.93. The highest BCUT2D eigenvalue weighted by atomic mass is 16.2. The molecule has 1 saturated heterocycles. The molecular weight excluding hydrogens is 440 g/mol. The maximum absolute atomic E-state index is 13.3. The van der Waals surface area contributed by atoms with E-state index >= 15 is 0 Å². The van der Waals surface area contributed by atoms with Gasteiger partial charge in [-0.05, 0) is 49.1 Å². The molecule has 7 nitrogen and oxygen atoms in total. The standard InChI is InChI=1S/C28H26N4O3/c1-19-6-2-4-8-23(19)26(30-29-18-33)21-10-12-22(13-11-21)31-17-15-24(27(31)34)28(35)32-16-14-20-7-3-5-9-25(20)32/h2-13,18,24H,14-17H2,1H3,(H,29,33)/b30-26-. The Hall–Kier alpha value is -4.26. The molecule has 0 radical (unpaired) electrons. The van der Waals surface area contributed by atoms with E-state index in [1.54, 1.807) is 9.80 Å². The van der Waals surface area contributed by atoms with E-state index in [1.165, 1.54) is 0 Å². The Bertz CT molecular complexity index is 1320. The van der Waals surface area contributed by atoms with Crippen molar-refractivity contribution in [3.63, 3.8) is 0 Å². The van der Waals surface area contributed by atoms with Crippen molar-refractivity contribution in [3.05, 3.63) is 95.1 Å². The molecule has 7 heteroatoms. The summed E-state index contributed by atoms with van der Waals surface area (Å²) in [6, 6.07) is 23.2. The Labute approximate surface area is 204 Å². The fourth-order valence-corrected chi connectivity index (χ4v) is 4.93. The number of nitrogens with one attached hydrogen (secondary N) is 1. The second-order valence-electron chi connectivity index (χ2n) is 8.77. The van der Waals surface area contributed by atoms with Crippen LogP contribution in [-0.4, -0.2) is 37.0 Å². The Morgan fingerprint density at radius 2 is 1.74 bits per heavy atom. The molecule has 0 spiro atoms. The van der Waals surface area contributed by atoms with Crippen LogP contribution in [-0.2, 0) is 20.8 Å². The van der Waals surface area contributed by atoms with Gasteiger partial charge in [0, 0.05) is 35.6 Å². The van der Waals surface area contributed by atoms with E-state index in [-0.39, 0.29) is 11.8 Å². The molecule has 0 saturated carbocycles. The summed E-state index contributed by atoms with van der Waals surface area (Å²) in [4.78, 5) is 40.8. The number of hydrazone groups is 1. The molecule has 0 bridgehead atoms. The van der Waals surface area contributed by atoms with Gasteiger partial charge in [-0.3, -0.25) is 14.4 Å². The van der Waals surface area contributed by atoms with E-state index in [4.69, 9.17) is 0 Å². The number of para-hydroxylation sites is 1. The van der Waals surface area contributed by atoms with Crippen LogP contribution in [0.4, 0.5) is 11.4 Å². The smallest absolute Gasteiger partial charge is 0.239 e. The van der Waals surface area contributed by atoms with E-state index in [0.717, 1.165) is 40.0 Å². The monoisotopic (exact) mass is 466 g/mol. The van der Waals surface area contributed by atoms with Gasteiger partial charge in [0.25, 0.3) is 0 Å². The van der Waals surface area contributed by atoms with Gasteiger partial charge in [-0.15, -0.1) is 0 Å². The van der Waals surface area contributed by atoms with E-state index in [2.05, 4.69) is 10.5 Å². The minimum atomic E-state index is -0.665. The maximum atomic E-state index is 13.3. The van der Waals surface area contributed by atoms with Crippen LogP contribution in [0.1, 0.15) is 28.7 Å². The number of carbonyl (C=O) groups excluding carboxylic acids is 3. The third-order valence-electron chi connectivity index (χ3n) is 6.74. The zero-order chi connectivity index (χ0) is 24.4. The highest BCUT2D eigenvalue weighted by Gasteiger charge is 2.41. The number of hydrogen-bond donors (Lipinski definition) is 1. The van der Waals surface area contributed by atoms with Gasteiger partial charge >= 0.3 is 0 Å². The highest BCUT2D eigenvalue weighted by molar-refractivity contribution is 6.16. The topological polar surface area (TPSA) is 82.1 Å². The molecule has 3 aromatic rings. The molecule has 176 valence electrons. The molecule has 5 rings (SSSR count). The zero-order valence-electron chi connectivity index (χ0n) is 19.5. The molecule has 1 fully saturated rings. The van der Waals surface area contributed by atoms with Gasteiger partial charge in [0.15, 0.2) is 0 Å². The summed E-state index contributed by atoms with van der Waals surface area (Å²) < 4.78 is 0. The number of rotatable bonds is 6. The van der Waals surface area contributed by atoms with E-state index < -0.39 is 5.92 Å². The molecule has 0 aromatic heterocycles. The van der Waals surface area contributed by atoms with Crippen molar-refractivity contribution >= 4 is 35.3 Å². The van der Waals surface area contributed by atoms with Gasteiger partial charge in [0.05, 0.1) is 5.71 Å². The molecule has 3 amide bonds. The molecule has 2 heterocycles. The minimum Gasteiger partial charge on any atom is -0.312 e. The van der Waals surface area contributed by atoms with Crippen LogP contribution in [0.3, 0.4) is 0 Å². The van der Waals surface area contributed by atoms with Crippen molar-refractivity contribution in [2.45, 2.75) is 19.8 Å². The van der Waals surface area contributed by atoms with Crippen LogP contribution in [0.15, 0.2) is 77.9 Å². The summed E-state index contributed by atoms with van der Waals surface area (Å²) in [5, 5.41) is 4.25.